The molecule has 2 amide bonds. The van der Waals surface area contributed by atoms with Crippen molar-refractivity contribution in [3.8, 4) is 0 Å². The lowest BCUT2D eigenvalue weighted by Crippen LogP contribution is -2.43. The van der Waals surface area contributed by atoms with E-state index in [-0.39, 0.29) is 23.5 Å². The second kappa shape index (κ2) is 6.36. The monoisotopic (exact) mass is 277 g/mol. The largest absolute Gasteiger partial charge is 0.476 e. The first-order valence-electron chi connectivity index (χ1n) is 6.83. The lowest BCUT2D eigenvalue weighted by atomic mass is 9.86. The Morgan fingerprint density at radius 2 is 2.10 bits per heavy atom. The van der Waals surface area contributed by atoms with Crippen molar-refractivity contribution in [2.45, 2.75) is 38.6 Å². The van der Waals surface area contributed by atoms with Crippen LogP contribution in [0, 0.1) is 5.92 Å². The van der Waals surface area contributed by atoms with Crippen molar-refractivity contribution < 1.29 is 14.7 Å². The van der Waals surface area contributed by atoms with Crippen molar-refractivity contribution in [2.24, 2.45) is 5.92 Å². The zero-order chi connectivity index (χ0) is 14.5. The van der Waals surface area contributed by atoms with E-state index >= 15 is 0 Å². The Labute approximate surface area is 117 Å². The number of hydrogen-bond acceptors (Lipinski definition) is 3. The second-order valence-corrected chi connectivity index (χ2v) is 5.17. The minimum Gasteiger partial charge on any atom is -0.476 e. The third kappa shape index (κ3) is 3.46. The molecule has 2 unspecified atom stereocenters. The Kier molecular flexibility index (Phi) is 4.55. The summed E-state index contributed by atoms with van der Waals surface area (Å²) in [5.74, 6) is -0.714. The van der Waals surface area contributed by atoms with Gasteiger partial charge in [0.05, 0.1) is 5.69 Å². The fourth-order valence-corrected chi connectivity index (χ4v) is 2.53. The van der Waals surface area contributed by atoms with Gasteiger partial charge in [0.25, 0.3) is 0 Å². The van der Waals surface area contributed by atoms with Gasteiger partial charge in [0, 0.05) is 12.2 Å². The number of aromatic carboxylic acids is 1. The molecule has 2 rings (SSSR count). The molecule has 6 nitrogen and oxygen atoms in total. The van der Waals surface area contributed by atoms with Crippen molar-refractivity contribution in [2.75, 3.05) is 5.32 Å². The van der Waals surface area contributed by atoms with Gasteiger partial charge in [-0.3, -0.25) is 0 Å². The molecule has 0 aromatic carbocycles. The van der Waals surface area contributed by atoms with Crippen molar-refractivity contribution >= 4 is 17.7 Å². The number of pyridine rings is 1. The van der Waals surface area contributed by atoms with E-state index in [0.717, 1.165) is 19.3 Å². The molecule has 6 heteroatoms. The molecule has 1 heterocycles. The number of amides is 2. The van der Waals surface area contributed by atoms with E-state index in [9.17, 15) is 9.59 Å². The van der Waals surface area contributed by atoms with E-state index in [0.29, 0.717) is 5.92 Å². The standard InChI is InChI=1S/C14H19N3O3/c1-9-5-2-3-6-10(9)16-14(20)17-11-7-4-8-15-12(11)13(18)19/h4,7-10H,2-3,5-6H2,1H3,(H,18,19)(H2,16,17,20). The molecule has 108 valence electrons. The first-order valence-corrected chi connectivity index (χ1v) is 6.83. The number of anilines is 1. The van der Waals surface area contributed by atoms with Crippen LogP contribution in [0.3, 0.4) is 0 Å². The van der Waals surface area contributed by atoms with Gasteiger partial charge in [0.15, 0.2) is 5.69 Å². The Balaban J connectivity index is 1.99. The normalized spacial score (nSPS) is 22.1. The number of carboxylic acids is 1. The van der Waals surface area contributed by atoms with Crippen LogP contribution in [0.25, 0.3) is 0 Å². The Morgan fingerprint density at radius 1 is 1.35 bits per heavy atom. The van der Waals surface area contributed by atoms with Crippen LogP contribution >= 0.6 is 0 Å². The summed E-state index contributed by atoms with van der Waals surface area (Å²) in [6.07, 6.45) is 5.77. The number of hydrogen-bond donors (Lipinski definition) is 3. The van der Waals surface area contributed by atoms with E-state index in [4.69, 9.17) is 5.11 Å². The maximum atomic E-state index is 12.0. The maximum Gasteiger partial charge on any atom is 0.356 e. The van der Waals surface area contributed by atoms with Gasteiger partial charge in [-0.1, -0.05) is 19.8 Å². The van der Waals surface area contributed by atoms with Gasteiger partial charge in [-0.25, -0.2) is 14.6 Å². The summed E-state index contributed by atoms with van der Waals surface area (Å²) in [5, 5.41) is 14.5. The molecule has 1 aromatic heterocycles. The number of aromatic nitrogens is 1. The number of carbonyl (C=O) groups is 2. The minimum atomic E-state index is -1.16. The van der Waals surface area contributed by atoms with Crippen LogP contribution in [0.5, 0.6) is 0 Å². The van der Waals surface area contributed by atoms with Crippen molar-refractivity contribution in [3.05, 3.63) is 24.0 Å². The van der Waals surface area contributed by atoms with Crippen LogP contribution in [0.2, 0.25) is 0 Å². The van der Waals surface area contributed by atoms with Gasteiger partial charge in [-0.05, 0) is 30.9 Å². The van der Waals surface area contributed by atoms with Gasteiger partial charge in [0.1, 0.15) is 0 Å². The molecule has 0 radical (unpaired) electrons. The summed E-state index contributed by atoms with van der Waals surface area (Å²) < 4.78 is 0. The average molecular weight is 277 g/mol. The summed E-state index contributed by atoms with van der Waals surface area (Å²) in [6, 6.07) is 2.89. The highest BCUT2D eigenvalue weighted by Gasteiger charge is 2.23. The molecule has 1 aliphatic rings. The molecule has 0 bridgehead atoms. The highest BCUT2D eigenvalue weighted by molar-refractivity contribution is 5.98. The Hall–Kier alpha value is -2.11. The molecule has 1 fully saturated rings. The second-order valence-electron chi connectivity index (χ2n) is 5.17. The first-order chi connectivity index (χ1) is 9.58. The summed E-state index contributed by atoms with van der Waals surface area (Å²) in [7, 11) is 0. The van der Waals surface area contributed by atoms with E-state index in [2.05, 4.69) is 22.5 Å². The topological polar surface area (TPSA) is 91.3 Å². The first kappa shape index (κ1) is 14.3. The average Bonchev–Trinajstić information content (AvgIpc) is 2.41. The fraction of sp³-hybridized carbons (Fsp3) is 0.500. The quantitative estimate of drug-likeness (QED) is 0.791. The molecular weight excluding hydrogens is 258 g/mol. The Morgan fingerprint density at radius 3 is 2.80 bits per heavy atom. The zero-order valence-corrected chi connectivity index (χ0v) is 11.4. The van der Waals surface area contributed by atoms with Crippen molar-refractivity contribution in [3.63, 3.8) is 0 Å². The molecule has 0 spiro atoms. The minimum absolute atomic E-state index is 0.147. The number of nitrogens with one attached hydrogen (secondary N) is 2. The van der Waals surface area contributed by atoms with Crippen LogP contribution in [-0.4, -0.2) is 28.1 Å². The molecule has 3 N–H and O–H groups in total. The maximum absolute atomic E-state index is 12.0. The molecule has 2 atom stereocenters. The highest BCUT2D eigenvalue weighted by Crippen LogP contribution is 2.23. The van der Waals surface area contributed by atoms with Crippen molar-refractivity contribution in [1.82, 2.24) is 10.3 Å². The lowest BCUT2D eigenvalue weighted by molar-refractivity contribution is 0.0691. The van der Waals surface area contributed by atoms with E-state index in [1.165, 1.54) is 18.7 Å². The third-order valence-corrected chi connectivity index (χ3v) is 3.69. The summed E-state index contributed by atoms with van der Waals surface area (Å²) in [4.78, 5) is 26.7. The molecule has 0 saturated heterocycles. The predicted molar refractivity (Wildman–Crippen MR) is 74.8 cm³/mol. The van der Waals surface area contributed by atoms with Crippen LogP contribution in [0.1, 0.15) is 43.1 Å². The molecule has 1 aliphatic carbocycles. The van der Waals surface area contributed by atoms with E-state index in [1.807, 2.05) is 0 Å². The summed E-state index contributed by atoms with van der Waals surface area (Å²) in [5.41, 5.74) is 0.0558. The summed E-state index contributed by atoms with van der Waals surface area (Å²) >= 11 is 0. The Bertz CT molecular complexity index is 504. The number of carboxylic acid groups (broad SMARTS) is 1. The molecule has 20 heavy (non-hydrogen) atoms. The van der Waals surface area contributed by atoms with Crippen LogP contribution in [-0.2, 0) is 0 Å². The van der Waals surface area contributed by atoms with Gasteiger partial charge in [-0.15, -0.1) is 0 Å². The number of rotatable bonds is 3. The number of carbonyl (C=O) groups excluding carboxylic acids is 1. The van der Waals surface area contributed by atoms with Crippen LogP contribution in [0.4, 0.5) is 10.5 Å². The molecular formula is C14H19N3O3. The molecule has 1 saturated carbocycles. The summed E-state index contributed by atoms with van der Waals surface area (Å²) in [6.45, 7) is 2.12. The predicted octanol–water partition coefficient (Wildman–Crippen LogP) is 2.48. The molecule has 0 aliphatic heterocycles. The fourth-order valence-electron chi connectivity index (χ4n) is 2.53. The lowest BCUT2D eigenvalue weighted by Gasteiger charge is -2.29. The SMILES string of the molecule is CC1CCCCC1NC(=O)Nc1cccnc1C(=O)O. The van der Waals surface area contributed by atoms with Gasteiger partial charge >= 0.3 is 12.0 Å². The van der Waals surface area contributed by atoms with Crippen LogP contribution in [0.15, 0.2) is 18.3 Å². The van der Waals surface area contributed by atoms with E-state index < -0.39 is 5.97 Å². The van der Waals surface area contributed by atoms with Crippen LogP contribution < -0.4 is 10.6 Å². The van der Waals surface area contributed by atoms with Gasteiger partial charge < -0.3 is 15.7 Å². The number of urea groups is 1. The van der Waals surface area contributed by atoms with Crippen molar-refractivity contribution in [1.29, 1.82) is 0 Å². The van der Waals surface area contributed by atoms with Gasteiger partial charge in [-0.2, -0.15) is 0 Å². The third-order valence-electron chi connectivity index (χ3n) is 3.69. The highest BCUT2D eigenvalue weighted by atomic mass is 16.4. The van der Waals surface area contributed by atoms with E-state index in [1.54, 1.807) is 6.07 Å². The number of nitrogens with zero attached hydrogens (tertiary/aromatic N) is 1. The zero-order valence-electron chi connectivity index (χ0n) is 11.4. The smallest absolute Gasteiger partial charge is 0.356 e. The molecule has 1 aromatic rings. The van der Waals surface area contributed by atoms with Gasteiger partial charge in [0.2, 0.25) is 0 Å².